The Bertz CT molecular complexity index is 961. The molecule has 1 fully saturated rings. The van der Waals surface area contributed by atoms with E-state index in [0.717, 1.165) is 11.3 Å². The molecule has 2 aliphatic heterocycles. The quantitative estimate of drug-likeness (QED) is 0.547. The van der Waals surface area contributed by atoms with E-state index in [2.05, 4.69) is 5.10 Å². The van der Waals surface area contributed by atoms with Crippen LogP contribution in [0.3, 0.4) is 0 Å². The van der Waals surface area contributed by atoms with Gasteiger partial charge < -0.3 is 9.64 Å². The van der Waals surface area contributed by atoms with Gasteiger partial charge in [-0.2, -0.15) is 5.10 Å². The Labute approximate surface area is 182 Å². The maximum atomic E-state index is 12.4. The summed E-state index contributed by atoms with van der Waals surface area (Å²) in [5.74, 6) is -1.35. The molecule has 2 heterocycles. The molecule has 1 saturated heterocycles. The van der Waals surface area contributed by atoms with Crippen molar-refractivity contribution in [3.63, 3.8) is 0 Å². The van der Waals surface area contributed by atoms with Crippen LogP contribution in [0.1, 0.15) is 38.2 Å². The molecular formula is C21H27N3O6S. The fraction of sp³-hybridized carbons (Fsp3) is 0.524. The Balaban J connectivity index is 1.42. The van der Waals surface area contributed by atoms with E-state index in [-0.39, 0.29) is 36.3 Å². The van der Waals surface area contributed by atoms with Crippen LogP contribution in [0.15, 0.2) is 35.4 Å². The summed E-state index contributed by atoms with van der Waals surface area (Å²) < 4.78 is 28.3. The van der Waals surface area contributed by atoms with Gasteiger partial charge in [-0.1, -0.05) is 30.3 Å². The highest BCUT2D eigenvalue weighted by molar-refractivity contribution is 7.91. The average Bonchev–Trinajstić information content (AvgIpc) is 3.38. The summed E-state index contributed by atoms with van der Waals surface area (Å²) in [5, 5.41) is 5.70. The number of hydrazone groups is 1. The van der Waals surface area contributed by atoms with Crippen molar-refractivity contribution in [2.24, 2.45) is 5.10 Å². The smallest absolute Gasteiger partial charge is 0.306 e. The molecule has 9 nitrogen and oxygen atoms in total. The normalized spacial score (nSPS) is 19.7. The third-order valence-corrected chi connectivity index (χ3v) is 7.16. The zero-order valence-corrected chi connectivity index (χ0v) is 18.3. The lowest BCUT2D eigenvalue weighted by molar-refractivity contribution is -0.153. The number of esters is 1. The van der Waals surface area contributed by atoms with Crippen LogP contribution < -0.4 is 0 Å². The summed E-state index contributed by atoms with van der Waals surface area (Å²) >= 11 is 0. The highest BCUT2D eigenvalue weighted by atomic mass is 32.2. The standard InChI is InChI=1S/C21H27N3O6S/c1-2-23(17-11-13-31(28,29)15-17)20(26)14-30-21(27)9-8-19(25)24-12-10-18(22-24)16-6-4-3-5-7-16/h3-7,17H,2,8-15H2,1H3. The van der Waals surface area contributed by atoms with Crippen molar-refractivity contribution in [3.8, 4) is 0 Å². The van der Waals surface area contributed by atoms with Crippen LogP contribution in [0, 0.1) is 0 Å². The molecule has 2 amide bonds. The van der Waals surface area contributed by atoms with Gasteiger partial charge in [-0.3, -0.25) is 14.4 Å². The number of nitrogens with zero attached hydrogens (tertiary/aromatic N) is 3. The molecule has 1 unspecified atom stereocenters. The summed E-state index contributed by atoms with van der Waals surface area (Å²) in [7, 11) is -3.12. The van der Waals surface area contributed by atoms with Gasteiger partial charge in [-0.25, -0.2) is 13.4 Å². The second-order valence-electron chi connectivity index (χ2n) is 7.58. The minimum atomic E-state index is -3.12. The maximum absolute atomic E-state index is 12.4. The van der Waals surface area contributed by atoms with E-state index in [1.807, 2.05) is 30.3 Å². The second-order valence-corrected chi connectivity index (χ2v) is 9.81. The number of hydrogen-bond donors (Lipinski definition) is 0. The number of likely N-dealkylation sites (N-methyl/N-ethyl adjacent to an activating group) is 1. The minimum absolute atomic E-state index is 0.0586. The number of carbonyl (C=O) groups is 3. The summed E-state index contributed by atoms with van der Waals surface area (Å²) in [6, 6.07) is 9.21. The van der Waals surface area contributed by atoms with Crippen molar-refractivity contribution in [3.05, 3.63) is 35.9 Å². The number of carbonyl (C=O) groups excluding carboxylic acids is 3. The highest BCUT2D eigenvalue weighted by Gasteiger charge is 2.34. The molecule has 168 valence electrons. The lowest BCUT2D eigenvalue weighted by atomic mass is 10.1. The van der Waals surface area contributed by atoms with Crippen LogP contribution in [0.25, 0.3) is 0 Å². The molecule has 0 spiro atoms. The Morgan fingerprint density at radius 2 is 1.94 bits per heavy atom. The van der Waals surface area contributed by atoms with Crippen molar-refractivity contribution >= 4 is 33.3 Å². The third kappa shape index (κ3) is 6.13. The number of amides is 2. The first-order chi connectivity index (χ1) is 14.8. The molecule has 3 rings (SSSR count). The van der Waals surface area contributed by atoms with Crippen molar-refractivity contribution in [1.82, 2.24) is 9.91 Å². The van der Waals surface area contributed by atoms with Gasteiger partial charge in [0.1, 0.15) is 0 Å². The Kier molecular flexibility index (Phi) is 7.42. The average molecular weight is 450 g/mol. The van der Waals surface area contributed by atoms with Crippen LogP contribution in [-0.4, -0.2) is 79.1 Å². The molecule has 0 radical (unpaired) electrons. The molecule has 1 aromatic rings. The van der Waals surface area contributed by atoms with E-state index < -0.39 is 28.3 Å². The zero-order valence-electron chi connectivity index (χ0n) is 17.5. The van der Waals surface area contributed by atoms with Crippen LogP contribution in [-0.2, 0) is 29.0 Å². The lowest BCUT2D eigenvalue weighted by Gasteiger charge is -2.26. The predicted molar refractivity (Wildman–Crippen MR) is 114 cm³/mol. The third-order valence-electron chi connectivity index (χ3n) is 5.41. The summed E-state index contributed by atoms with van der Waals surface area (Å²) in [4.78, 5) is 38.1. The van der Waals surface area contributed by atoms with E-state index in [1.165, 1.54) is 9.91 Å². The van der Waals surface area contributed by atoms with Gasteiger partial charge in [0.2, 0.25) is 5.91 Å². The summed E-state index contributed by atoms with van der Waals surface area (Å²) in [6.07, 6.45) is 0.837. The largest absolute Gasteiger partial charge is 0.456 e. The Morgan fingerprint density at radius 1 is 1.19 bits per heavy atom. The molecule has 1 aromatic carbocycles. The molecule has 0 aliphatic carbocycles. The monoisotopic (exact) mass is 449 g/mol. The van der Waals surface area contributed by atoms with Gasteiger partial charge >= 0.3 is 5.97 Å². The topological polar surface area (TPSA) is 113 Å². The van der Waals surface area contributed by atoms with E-state index in [0.29, 0.717) is 25.9 Å². The van der Waals surface area contributed by atoms with Crippen LogP contribution in [0.2, 0.25) is 0 Å². The van der Waals surface area contributed by atoms with Gasteiger partial charge in [0.15, 0.2) is 16.4 Å². The number of sulfone groups is 1. The Morgan fingerprint density at radius 3 is 2.58 bits per heavy atom. The van der Waals surface area contributed by atoms with E-state index in [4.69, 9.17) is 4.74 Å². The van der Waals surface area contributed by atoms with Gasteiger partial charge in [0.05, 0.1) is 30.2 Å². The fourth-order valence-corrected chi connectivity index (χ4v) is 5.50. The molecule has 10 heteroatoms. The van der Waals surface area contributed by atoms with Crippen molar-refractivity contribution < 1.29 is 27.5 Å². The minimum Gasteiger partial charge on any atom is -0.456 e. The first-order valence-electron chi connectivity index (χ1n) is 10.4. The number of benzene rings is 1. The summed E-state index contributed by atoms with van der Waals surface area (Å²) in [6.45, 7) is 2.10. The molecule has 2 aliphatic rings. The van der Waals surface area contributed by atoms with Crippen LogP contribution >= 0.6 is 0 Å². The molecule has 1 atom stereocenters. The first kappa shape index (κ1) is 22.9. The summed E-state index contributed by atoms with van der Waals surface area (Å²) in [5.41, 5.74) is 1.79. The fourth-order valence-electron chi connectivity index (χ4n) is 3.77. The molecule has 0 aromatic heterocycles. The SMILES string of the molecule is CCN(C(=O)COC(=O)CCC(=O)N1CCC(c2ccccc2)=N1)C1CCS(=O)(=O)C1. The van der Waals surface area contributed by atoms with E-state index in [1.54, 1.807) is 6.92 Å². The van der Waals surface area contributed by atoms with Crippen LogP contribution in [0.4, 0.5) is 0 Å². The predicted octanol–water partition coefficient (Wildman–Crippen LogP) is 0.982. The van der Waals surface area contributed by atoms with Crippen LogP contribution in [0.5, 0.6) is 0 Å². The van der Waals surface area contributed by atoms with Gasteiger partial charge in [-0.05, 0) is 18.9 Å². The molecule has 0 N–H and O–H groups in total. The lowest BCUT2D eigenvalue weighted by Crippen LogP contribution is -2.43. The number of rotatable bonds is 8. The number of ether oxygens (including phenoxy) is 1. The van der Waals surface area contributed by atoms with Gasteiger partial charge in [-0.15, -0.1) is 0 Å². The van der Waals surface area contributed by atoms with Gasteiger partial charge in [0, 0.05) is 25.4 Å². The highest BCUT2D eigenvalue weighted by Crippen LogP contribution is 2.18. The molecule has 0 bridgehead atoms. The first-order valence-corrected chi connectivity index (χ1v) is 12.2. The number of hydrogen-bond acceptors (Lipinski definition) is 7. The van der Waals surface area contributed by atoms with E-state index in [9.17, 15) is 22.8 Å². The Hall–Kier alpha value is -2.75. The van der Waals surface area contributed by atoms with Crippen molar-refractivity contribution in [2.75, 3.05) is 31.2 Å². The zero-order chi connectivity index (χ0) is 22.4. The maximum Gasteiger partial charge on any atom is 0.306 e. The molecule has 31 heavy (non-hydrogen) atoms. The molecular weight excluding hydrogens is 422 g/mol. The van der Waals surface area contributed by atoms with E-state index >= 15 is 0 Å². The van der Waals surface area contributed by atoms with Crippen molar-refractivity contribution in [1.29, 1.82) is 0 Å². The second kappa shape index (κ2) is 10.0. The van der Waals surface area contributed by atoms with Crippen molar-refractivity contribution in [2.45, 2.75) is 38.6 Å². The molecule has 0 saturated carbocycles. The van der Waals surface area contributed by atoms with Gasteiger partial charge in [0.25, 0.3) is 5.91 Å².